The first-order valence-electron chi connectivity index (χ1n) is 11.8. The van der Waals surface area contributed by atoms with Crippen molar-refractivity contribution >= 4 is 11.0 Å². The van der Waals surface area contributed by atoms with Gasteiger partial charge in [0.2, 0.25) is 0 Å². The number of benzene rings is 1. The van der Waals surface area contributed by atoms with Gasteiger partial charge in [0, 0.05) is 24.0 Å². The van der Waals surface area contributed by atoms with Crippen molar-refractivity contribution in [3.05, 3.63) is 70.9 Å². The van der Waals surface area contributed by atoms with Gasteiger partial charge in [-0.05, 0) is 44.7 Å². The van der Waals surface area contributed by atoms with Gasteiger partial charge in [-0.2, -0.15) is 18.3 Å². The smallest absolute Gasteiger partial charge is 0.300 e. The van der Waals surface area contributed by atoms with Crippen molar-refractivity contribution in [2.75, 3.05) is 0 Å². The summed E-state index contributed by atoms with van der Waals surface area (Å²) in [5.74, 6) is 0.669. The molecule has 3 heterocycles. The van der Waals surface area contributed by atoms with Gasteiger partial charge in [-0.25, -0.2) is 19.6 Å². The second-order valence-electron chi connectivity index (χ2n) is 9.50. The Bertz CT molecular complexity index is 1450. The average molecular weight is 498 g/mol. The van der Waals surface area contributed by atoms with Crippen LogP contribution in [0.3, 0.4) is 0 Å². The summed E-state index contributed by atoms with van der Waals surface area (Å²) in [7, 11) is 0. The Kier molecular flexibility index (Phi) is 5.90. The number of aromatic nitrogens is 6. The molecule has 0 amide bonds. The summed E-state index contributed by atoms with van der Waals surface area (Å²) in [6, 6.07) is 5.53. The Balaban J connectivity index is 1.34. The molecule has 0 radical (unpaired) electrons. The van der Waals surface area contributed by atoms with E-state index in [0.29, 0.717) is 22.5 Å². The maximum Gasteiger partial charge on any atom is 0.409 e. The summed E-state index contributed by atoms with van der Waals surface area (Å²) in [5.41, 5.74) is 1.53. The van der Waals surface area contributed by atoms with E-state index in [0.717, 1.165) is 42.7 Å². The van der Waals surface area contributed by atoms with E-state index >= 15 is 0 Å². The van der Waals surface area contributed by atoms with Crippen molar-refractivity contribution < 1.29 is 13.2 Å². The van der Waals surface area contributed by atoms with E-state index < -0.39 is 17.8 Å². The van der Waals surface area contributed by atoms with E-state index in [2.05, 4.69) is 25.4 Å². The molecular formula is C25H26F3N7O. The van der Waals surface area contributed by atoms with Crippen molar-refractivity contribution in [2.45, 2.75) is 64.0 Å². The minimum atomic E-state index is -4.54. The summed E-state index contributed by atoms with van der Waals surface area (Å²) in [6.07, 6.45) is 3.09. The van der Waals surface area contributed by atoms with Crippen molar-refractivity contribution in [3.8, 4) is 11.1 Å². The summed E-state index contributed by atoms with van der Waals surface area (Å²) < 4.78 is 41.9. The Morgan fingerprint density at radius 1 is 1.08 bits per heavy atom. The van der Waals surface area contributed by atoms with Crippen LogP contribution in [0.1, 0.15) is 57.1 Å². The molecule has 4 aromatic rings. The van der Waals surface area contributed by atoms with E-state index in [1.807, 2.05) is 30.7 Å². The van der Waals surface area contributed by atoms with Gasteiger partial charge in [0.25, 0.3) is 5.56 Å². The number of halogens is 3. The topological polar surface area (TPSA) is 90.5 Å². The molecule has 5 rings (SSSR count). The zero-order valence-corrected chi connectivity index (χ0v) is 20.1. The molecule has 0 unspecified atom stereocenters. The molecule has 0 aliphatic heterocycles. The van der Waals surface area contributed by atoms with Crippen LogP contribution in [0.25, 0.3) is 22.2 Å². The lowest BCUT2D eigenvalue weighted by Gasteiger charge is -2.19. The van der Waals surface area contributed by atoms with Gasteiger partial charge in [0.1, 0.15) is 11.9 Å². The van der Waals surface area contributed by atoms with Crippen LogP contribution < -0.4 is 10.9 Å². The van der Waals surface area contributed by atoms with E-state index in [1.54, 1.807) is 24.5 Å². The molecule has 36 heavy (non-hydrogen) atoms. The first kappa shape index (κ1) is 24.1. The van der Waals surface area contributed by atoms with Crippen LogP contribution in [0.15, 0.2) is 54.0 Å². The third-order valence-electron chi connectivity index (χ3n) is 6.71. The minimum Gasteiger partial charge on any atom is -0.300 e. The first-order valence-corrected chi connectivity index (χ1v) is 11.8. The molecule has 1 aliphatic rings. The molecule has 11 heteroatoms. The van der Waals surface area contributed by atoms with Gasteiger partial charge in [0.05, 0.1) is 30.0 Å². The van der Waals surface area contributed by atoms with Crippen LogP contribution in [0.4, 0.5) is 13.2 Å². The molecule has 1 N–H and O–H groups in total. The van der Waals surface area contributed by atoms with Gasteiger partial charge in [-0.15, -0.1) is 0 Å². The quantitative estimate of drug-likeness (QED) is 0.403. The number of hydrogen-bond donors (Lipinski definition) is 1. The summed E-state index contributed by atoms with van der Waals surface area (Å²) in [4.78, 5) is 25.8. The normalized spacial score (nSPS) is 16.0. The minimum absolute atomic E-state index is 0.126. The molecule has 8 nitrogen and oxygen atoms in total. The maximum absolute atomic E-state index is 13.1. The fourth-order valence-corrected chi connectivity index (χ4v) is 4.30. The van der Waals surface area contributed by atoms with Crippen LogP contribution in [0.2, 0.25) is 0 Å². The third kappa shape index (κ3) is 4.39. The van der Waals surface area contributed by atoms with Crippen LogP contribution in [0.5, 0.6) is 0 Å². The fourth-order valence-electron chi connectivity index (χ4n) is 4.30. The zero-order chi connectivity index (χ0) is 25.7. The van der Waals surface area contributed by atoms with Crippen molar-refractivity contribution in [1.82, 2.24) is 34.6 Å². The monoisotopic (exact) mass is 497 g/mol. The molecule has 1 aromatic carbocycles. The Morgan fingerprint density at radius 2 is 1.81 bits per heavy atom. The van der Waals surface area contributed by atoms with Crippen LogP contribution in [-0.4, -0.2) is 35.5 Å². The van der Waals surface area contributed by atoms with E-state index in [-0.39, 0.29) is 17.1 Å². The Hall–Kier alpha value is -3.60. The first-order chi connectivity index (χ1) is 17.1. The SMILES string of the molecule is CC(C)n1ncc2cnc(CNC3(c4ccc(-c5cncn([C@@H](C)C(F)(F)F)c5=O)cc4)CC3)nc21. The van der Waals surface area contributed by atoms with Crippen LogP contribution in [-0.2, 0) is 12.1 Å². The summed E-state index contributed by atoms with van der Waals surface area (Å²) in [5, 5.41) is 8.83. The highest BCUT2D eigenvalue weighted by molar-refractivity contribution is 5.73. The van der Waals surface area contributed by atoms with Crippen molar-refractivity contribution in [1.29, 1.82) is 0 Å². The molecule has 0 spiro atoms. The lowest BCUT2D eigenvalue weighted by Crippen LogP contribution is -2.33. The third-order valence-corrected chi connectivity index (χ3v) is 6.71. The molecular weight excluding hydrogens is 471 g/mol. The number of rotatable bonds is 7. The van der Waals surface area contributed by atoms with Gasteiger partial charge < -0.3 is 5.32 Å². The summed E-state index contributed by atoms with van der Waals surface area (Å²) in [6.45, 7) is 5.51. The number of hydrogen-bond acceptors (Lipinski definition) is 6. The largest absolute Gasteiger partial charge is 0.409 e. The van der Waals surface area contributed by atoms with Crippen molar-refractivity contribution in [3.63, 3.8) is 0 Å². The molecule has 0 bridgehead atoms. The molecule has 1 fully saturated rings. The van der Waals surface area contributed by atoms with E-state index in [4.69, 9.17) is 0 Å². The molecule has 3 aromatic heterocycles. The highest BCUT2D eigenvalue weighted by Crippen LogP contribution is 2.46. The summed E-state index contributed by atoms with van der Waals surface area (Å²) >= 11 is 0. The lowest BCUT2D eigenvalue weighted by molar-refractivity contribution is -0.163. The second-order valence-corrected chi connectivity index (χ2v) is 9.50. The van der Waals surface area contributed by atoms with E-state index in [1.165, 1.54) is 6.20 Å². The van der Waals surface area contributed by atoms with Crippen molar-refractivity contribution in [2.24, 2.45) is 0 Å². The fraction of sp³-hybridized carbons (Fsp3) is 0.400. The standard InChI is InChI=1S/C25H26F3N7O/c1-15(2)35-22-18(11-32-35)10-30-21(33-22)13-31-24(8-9-24)19-6-4-17(5-7-19)20-12-29-14-34(23(20)36)16(3)25(26,27)28/h4-7,10-12,14-16,31H,8-9,13H2,1-3H3/t16-/m0/s1. The second kappa shape index (κ2) is 8.81. The average Bonchev–Trinajstić information content (AvgIpc) is 3.52. The highest BCUT2D eigenvalue weighted by Gasteiger charge is 2.44. The van der Waals surface area contributed by atoms with Gasteiger partial charge in [0.15, 0.2) is 5.65 Å². The molecule has 1 aliphatic carbocycles. The van der Waals surface area contributed by atoms with Crippen LogP contribution >= 0.6 is 0 Å². The van der Waals surface area contributed by atoms with Gasteiger partial charge >= 0.3 is 6.18 Å². The number of nitrogens with one attached hydrogen (secondary N) is 1. The highest BCUT2D eigenvalue weighted by atomic mass is 19.4. The van der Waals surface area contributed by atoms with E-state index in [9.17, 15) is 18.0 Å². The Morgan fingerprint density at radius 3 is 2.44 bits per heavy atom. The van der Waals surface area contributed by atoms with Gasteiger partial charge in [-0.1, -0.05) is 24.3 Å². The number of fused-ring (bicyclic) bond motifs is 1. The van der Waals surface area contributed by atoms with Crippen LogP contribution in [0, 0.1) is 0 Å². The lowest BCUT2D eigenvalue weighted by atomic mass is 10.0. The molecule has 0 saturated heterocycles. The molecule has 1 saturated carbocycles. The molecule has 188 valence electrons. The van der Waals surface area contributed by atoms with Gasteiger partial charge in [-0.3, -0.25) is 9.36 Å². The predicted molar refractivity (Wildman–Crippen MR) is 128 cm³/mol. The molecule has 1 atom stereocenters. The maximum atomic E-state index is 13.1. The predicted octanol–water partition coefficient (Wildman–Crippen LogP) is 4.53. The number of alkyl halides is 3. The number of nitrogens with zero attached hydrogens (tertiary/aromatic N) is 6. The Labute approximate surface area is 205 Å². The zero-order valence-electron chi connectivity index (χ0n) is 20.1.